The molecule has 0 atom stereocenters. The van der Waals surface area contributed by atoms with Crippen LogP contribution in [-0.4, -0.2) is 73.9 Å². The van der Waals surface area contributed by atoms with Crippen molar-refractivity contribution in [1.82, 2.24) is 24.8 Å². The standard InChI is InChI=1S/C45H51Cl2FN6O5/c1-53-37-13-19-54(20-18-44-14-16-45(26-44,17-15-44)43(57)58)25-36(37)51-41(53)42(56)52-34-8-4-7-32(40(34)47)31-6-3-5-27(39(31)46)21-33(48)35-22-38(59-2)28(24-50-35)23-49-29-9-11-30(55)12-10-29/h3-8,21-22,24,29-30,49,55H,9-20,23,25-26H2,1-2H3,(H,52,56)(H,57,58)/b33-21-/t29-,30+,44?,45?. The van der Waals surface area contributed by atoms with Gasteiger partial charge in [0, 0.05) is 73.8 Å². The molecular formula is C45H51Cl2FN6O5. The molecule has 11 nitrogen and oxygen atoms in total. The number of aliphatic hydroxyl groups is 1. The van der Waals surface area contributed by atoms with Crippen LogP contribution in [0.2, 0.25) is 10.0 Å². The van der Waals surface area contributed by atoms with E-state index in [1.807, 2.05) is 11.6 Å². The van der Waals surface area contributed by atoms with Crippen molar-refractivity contribution < 1.29 is 28.9 Å². The molecule has 1 amide bonds. The Morgan fingerprint density at radius 2 is 1.78 bits per heavy atom. The molecule has 4 aliphatic rings. The quantitative estimate of drug-likeness (QED) is 0.104. The summed E-state index contributed by atoms with van der Waals surface area (Å²) >= 11 is 13.9. The minimum atomic E-state index is -0.634. The summed E-state index contributed by atoms with van der Waals surface area (Å²) in [6.07, 6.45) is 12.1. The summed E-state index contributed by atoms with van der Waals surface area (Å²) < 4.78 is 23.2. The number of anilines is 1. The lowest BCUT2D eigenvalue weighted by molar-refractivity contribution is -0.148. The number of carboxylic acid groups (broad SMARTS) is 1. The molecule has 8 rings (SSSR count). The molecule has 312 valence electrons. The van der Waals surface area contributed by atoms with E-state index in [0.717, 1.165) is 101 Å². The second-order valence-corrected chi connectivity index (χ2v) is 17.8. The van der Waals surface area contributed by atoms with Gasteiger partial charge in [0.05, 0.1) is 40.1 Å². The third-order valence-corrected chi connectivity index (χ3v) is 14.3. The van der Waals surface area contributed by atoms with Gasteiger partial charge in [-0.15, -0.1) is 0 Å². The number of pyridine rings is 1. The fraction of sp³-hybridized carbons (Fsp3) is 0.467. The van der Waals surface area contributed by atoms with Crippen LogP contribution in [-0.2, 0) is 31.4 Å². The lowest BCUT2D eigenvalue weighted by Crippen LogP contribution is -2.34. The minimum Gasteiger partial charge on any atom is -0.496 e. The highest BCUT2D eigenvalue weighted by atomic mass is 35.5. The lowest BCUT2D eigenvalue weighted by Gasteiger charge is -2.32. The van der Waals surface area contributed by atoms with Crippen LogP contribution in [0.25, 0.3) is 23.0 Å². The largest absolute Gasteiger partial charge is 0.496 e. The van der Waals surface area contributed by atoms with Crippen molar-refractivity contribution in [1.29, 1.82) is 0 Å². The Bertz CT molecular complexity index is 2280. The highest BCUT2D eigenvalue weighted by Crippen LogP contribution is 2.63. The van der Waals surface area contributed by atoms with Gasteiger partial charge in [-0.2, -0.15) is 0 Å². The highest BCUT2D eigenvalue weighted by molar-refractivity contribution is 6.39. The summed E-state index contributed by atoms with van der Waals surface area (Å²) in [5, 5.41) is 26.7. The highest BCUT2D eigenvalue weighted by Gasteiger charge is 2.57. The van der Waals surface area contributed by atoms with Crippen LogP contribution in [0.5, 0.6) is 5.75 Å². The van der Waals surface area contributed by atoms with Gasteiger partial charge in [-0.1, -0.05) is 53.5 Å². The number of aliphatic carboxylic acids is 1. The molecule has 0 saturated heterocycles. The topological polar surface area (TPSA) is 142 Å². The molecule has 4 aromatic rings. The fourth-order valence-corrected chi connectivity index (χ4v) is 10.4. The number of hydrogen-bond donors (Lipinski definition) is 4. The summed E-state index contributed by atoms with van der Waals surface area (Å²) in [5.41, 5.74) is 4.35. The molecule has 0 radical (unpaired) electrons. The van der Waals surface area contributed by atoms with Crippen LogP contribution < -0.4 is 15.4 Å². The average Bonchev–Trinajstić information content (AvgIpc) is 3.92. The molecule has 3 fully saturated rings. The zero-order valence-electron chi connectivity index (χ0n) is 33.5. The first-order valence-corrected chi connectivity index (χ1v) is 21.3. The number of carbonyl (C=O) groups excluding carboxylic acids is 1. The summed E-state index contributed by atoms with van der Waals surface area (Å²) in [7, 11) is 3.40. The number of carbonyl (C=O) groups is 2. The number of methoxy groups -OCH3 is 1. The van der Waals surface area contributed by atoms with E-state index >= 15 is 4.39 Å². The third-order valence-electron chi connectivity index (χ3n) is 13.5. The lowest BCUT2D eigenvalue weighted by atomic mass is 9.80. The zero-order valence-corrected chi connectivity index (χ0v) is 35.0. The van der Waals surface area contributed by atoms with Crippen LogP contribution in [0, 0.1) is 10.8 Å². The van der Waals surface area contributed by atoms with E-state index in [2.05, 4.69) is 20.5 Å². The Hall–Kier alpha value is -4.33. The molecule has 2 bridgehead atoms. The van der Waals surface area contributed by atoms with Crippen LogP contribution in [0.1, 0.15) is 103 Å². The van der Waals surface area contributed by atoms with Gasteiger partial charge in [-0.05, 0) is 93.9 Å². The molecule has 4 N–H and O–H groups in total. The number of nitrogens with zero attached hydrogens (tertiary/aromatic N) is 4. The first-order valence-electron chi connectivity index (χ1n) is 20.6. The Balaban J connectivity index is 0.933. The van der Waals surface area contributed by atoms with E-state index < -0.39 is 23.1 Å². The van der Waals surface area contributed by atoms with Crippen molar-refractivity contribution in [2.45, 2.75) is 95.9 Å². The van der Waals surface area contributed by atoms with Gasteiger partial charge >= 0.3 is 5.97 Å². The van der Waals surface area contributed by atoms with Gasteiger partial charge in [-0.3, -0.25) is 19.5 Å². The molecule has 2 aromatic heterocycles. The molecule has 2 aromatic carbocycles. The normalized spacial score (nSPS) is 24.3. The van der Waals surface area contributed by atoms with Crippen molar-refractivity contribution in [2.75, 3.05) is 25.5 Å². The zero-order chi connectivity index (χ0) is 41.5. The number of aliphatic hydroxyl groups excluding tert-OH is 1. The number of fused-ring (bicyclic) bond motifs is 3. The predicted molar refractivity (Wildman–Crippen MR) is 227 cm³/mol. The maximum Gasteiger partial charge on any atom is 0.309 e. The Morgan fingerprint density at radius 1 is 1.05 bits per heavy atom. The first-order chi connectivity index (χ1) is 28.4. The van der Waals surface area contributed by atoms with Crippen LogP contribution in [0.15, 0.2) is 48.7 Å². The summed E-state index contributed by atoms with van der Waals surface area (Å²) in [5.74, 6) is -0.818. The maximum absolute atomic E-state index is 15.8. The van der Waals surface area contributed by atoms with Crippen LogP contribution in [0.4, 0.5) is 10.1 Å². The monoisotopic (exact) mass is 844 g/mol. The van der Waals surface area contributed by atoms with Crippen molar-refractivity contribution in [3.05, 3.63) is 92.7 Å². The van der Waals surface area contributed by atoms with E-state index in [9.17, 15) is 19.8 Å². The average molecular weight is 846 g/mol. The van der Waals surface area contributed by atoms with Gasteiger partial charge in [0.15, 0.2) is 5.82 Å². The van der Waals surface area contributed by atoms with Crippen molar-refractivity contribution >= 4 is 52.7 Å². The summed E-state index contributed by atoms with van der Waals surface area (Å²) in [4.78, 5) is 37.3. The van der Waals surface area contributed by atoms with E-state index in [1.165, 1.54) is 6.08 Å². The van der Waals surface area contributed by atoms with Gasteiger partial charge < -0.3 is 30.2 Å². The molecule has 14 heteroatoms. The summed E-state index contributed by atoms with van der Waals surface area (Å²) in [6, 6.07) is 12.4. The number of hydrogen-bond acceptors (Lipinski definition) is 8. The number of nitrogens with one attached hydrogen (secondary N) is 2. The molecule has 3 saturated carbocycles. The molecule has 1 aliphatic heterocycles. The number of imidazole rings is 1. The Labute approximate surface area is 354 Å². The molecule has 0 spiro atoms. The van der Waals surface area contributed by atoms with Gasteiger partial charge in [0.25, 0.3) is 5.91 Å². The molecule has 3 heterocycles. The maximum atomic E-state index is 15.8. The Kier molecular flexibility index (Phi) is 11.9. The first kappa shape index (κ1) is 41.4. The van der Waals surface area contributed by atoms with E-state index in [4.69, 9.17) is 32.9 Å². The molecular weight excluding hydrogens is 794 g/mol. The van der Waals surface area contributed by atoms with Crippen molar-refractivity contribution in [3.63, 3.8) is 0 Å². The smallest absolute Gasteiger partial charge is 0.309 e. The molecule has 3 aliphatic carbocycles. The van der Waals surface area contributed by atoms with Gasteiger partial charge in [0.2, 0.25) is 0 Å². The second-order valence-electron chi connectivity index (χ2n) is 17.0. The summed E-state index contributed by atoms with van der Waals surface area (Å²) in [6.45, 7) is 2.88. The molecule has 59 heavy (non-hydrogen) atoms. The second kappa shape index (κ2) is 17.0. The number of halogens is 3. The number of benzene rings is 2. The molecule has 0 unspecified atom stereocenters. The predicted octanol–water partition coefficient (Wildman–Crippen LogP) is 8.69. The number of carboxylic acids is 1. The third kappa shape index (κ3) is 8.39. The van der Waals surface area contributed by atoms with Crippen LogP contribution >= 0.6 is 23.2 Å². The van der Waals surface area contributed by atoms with E-state index in [1.54, 1.807) is 55.8 Å². The fourth-order valence-electron chi connectivity index (χ4n) is 9.88. The number of ether oxygens (including phenoxy) is 1. The van der Waals surface area contributed by atoms with Crippen LogP contribution in [0.3, 0.4) is 0 Å². The van der Waals surface area contributed by atoms with Gasteiger partial charge in [0.1, 0.15) is 17.3 Å². The van der Waals surface area contributed by atoms with Gasteiger partial charge in [-0.25, -0.2) is 9.37 Å². The van der Waals surface area contributed by atoms with E-state index in [0.29, 0.717) is 47.3 Å². The Morgan fingerprint density at radius 3 is 2.49 bits per heavy atom. The minimum absolute atomic E-state index is 0.102. The van der Waals surface area contributed by atoms with Crippen molar-refractivity contribution in [2.24, 2.45) is 17.9 Å². The van der Waals surface area contributed by atoms with Crippen molar-refractivity contribution in [3.8, 4) is 16.9 Å². The number of rotatable bonds is 13. The number of amides is 1. The SMILES string of the molecule is COc1cc(/C(F)=C/c2cccc(-c3cccc(NC(=O)c4nc5c(n4C)CCN(CCC46CCC(C(=O)O)(CC4)C6)C5)c3Cl)c2Cl)ncc1CN[C@H]1CC[C@@H](O)CC1. The number of aromatic nitrogens is 3. The van der Waals surface area contributed by atoms with E-state index in [-0.39, 0.29) is 33.1 Å².